The molecule has 0 saturated carbocycles. The highest BCUT2D eigenvalue weighted by Gasteiger charge is 2.22. The lowest BCUT2D eigenvalue weighted by Gasteiger charge is -2.24. The molecule has 4 aromatic carbocycles. The minimum Gasteiger partial charge on any atom is -0.493 e. The molecule has 0 atom stereocenters. The van der Waals surface area contributed by atoms with E-state index >= 15 is 0 Å². The van der Waals surface area contributed by atoms with Crippen molar-refractivity contribution in [1.82, 2.24) is 5.01 Å². The lowest BCUT2D eigenvalue weighted by Crippen LogP contribution is -2.32. The van der Waals surface area contributed by atoms with Crippen molar-refractivity contribution >= 4 is 40.6 Å². The van der Waals surface area contributed by atoms with Crippen LogP contribution in [0.4, 0.5) is 11.4 Å². The van der Waals surface area contributed by atoms with Crippen LogP contribution < -0.4 is 20.1 Å². The zero-order valence-electron chi connectivity index (χ0n) is 25.8. The van der Waals surface area contributed by atoms with E-state index in [-0.39, 0.29) is 11.5 Å². The number of hydrogen-bond donors (Lipinski definition) is 2. The van der Waals surface area contributed by atoms with E-state index in [0.29, 0.717) is 59.1 Å². The summed E-state index contributed by atoms with van der Waals surface area (Å²) in [6, 6.07) is 25.8. The van der Waals surface area contributed by atoms with Crippen molar-refractivity contribution in [2.24, 2.45) is 5.10 Å². The fourth-order valence-corrected chi connectivity index (χ4v) is 4.94. The molecule has 0 spiro atoms. The summed E-state index contributed by atoms with van der Waals surface area (Å²) in [7, 11) is 1.58. The molecule has 0 aromatic heterocycles. The minimum absolute atomic E-state index is 0.199. The number of Topliss-reactive ketones (excluding diaryl/α,β-unsaturated/α-hetero) is 1. The molecule has 236 valence electrons. The third-order valence-corrected chi connectivity index (χ3v) is 7.34. The van der Waals surface area contributed by atoms with Crippen molar-refractivity contribution in [2.75, 3.05) is 30.9 Å². The molecule has 11 nitrogen and oxygen atoms in total. The molecular weight excluding hydrogens is 598 g/mol. The standard InChI is InChI=1S/C36H31N5O6/c1-3-47-33-21-26(15-18-32(33)46-2)30-8-5-19-41(40-30)36(45)27-6-4-7-29(20-27)39-35(44)25-13-16-28(17-14-25)38-34(43)24-11-9-23(10-12-24)31(42)22-37/h4,6-7,9-18,20-21H,3,5,8,19H2,1-2H3,(H,38,43)(H,39,44). The smallest absolute Gasteiger partial charge is 0.274 e. The topological polar surface area (TPSA) is 150 Å². The largest absolute Gasteiger partial charge is 0.493 e. The summed E-state index contributed by atoms with van der Waals surface area (Å²) in [6.45, 7) is 2.84. The van der Waals surface area contributed by atoms with Crippen molar-refractivity contribution in [1.29, 1.82) is 5.26 Å². The maximum absolute atomic E-state index is 13.4. The number of ketones is 1. The SMILES string of the molecule is CCOc1cc(C2=NN(C(=O)c3cccc(NC(=O)c4ccc(NC(=O)c5ccc(C(=O)C#N)cc5)cc4)c3)CCC2)ccc1OC. The Bertz CT molecular complexity index is 1890. The zero-order valence-corrected chi connectivity index (χ0v) is 25.8. The second-order valence-electron chi connectivity index (χ2n) is 10.5. The van der Waals surface area contributed by atoms with Crippen molar-refractivity contribution in [2.45, 2.75) is 19.8 Å². The van der Waals surface area contributed by atoms with Crippen LogP contribution in [0, 0.1) is 11.3 Å². The number of benzene rings is 4. The second kappa shape index (κ2) is 14.7. The Balaban J connectivity index is 1.22. The van der Waals surface area contributed by atoms with Crippen LogP contribution in [0.3, 0.4) is 0 Å². The van der Waals surface area contributed by atoms with E-state index in [0.717, 1.165) is 17.7 Å². The number of carbonyl (C=O) groups excluding carboxylic acids is 4. The van der Waals surface area contributed by atoms with Gasteiger partial charge in [0, 0.05) is 45.7 Å². The van der Waals surface area contributed by atoms with E-state index in [1.807, 2.05) is 25.1 Å². The molecule has 0 bridgehead atoms. The van der Waals surface area contributed by atoms with Gasteiger partial charge >= 0.3 is 0 Å². The number of ether oxygens (including phenoxy) is 2. The van der Waals surface area contributed by atoms with Crippen molar-refractivity contribution in [3.05, 3.63) is 119 Å². The number of nitrogens with zero attached hydrogens (tertiary/aromatic N) is 3. The molecule has 0 unspecified atom stereocenters. The van der Waals surface area contributed by atoms with Gasteiger partial charge in [0.2, 0.25) is 0 Å². The highest BCUT2D eigenvalue weighted by Crippen LogP contribution is 2.30. The highest BCUT2D eigenvalue weighted by atomic mass is 16.5. The van der Waals surface area contributed by atoms with Crippen LogP contribution in [0.25, 0.3) is 0 Å². The first-order chi connectivity index (χ1) is 22.8. The number of nitrogens with one attached hydrogen (secondary N) is 2. The molecular formula is C36H31N5O6. The molecule has 4 aromatic rings. The van der Waals surface area contributed by atoms with Gasteiger partial charge in [-0.05, 0) is 105 Å². The van der Waals surface area contributed by atoms with E-state index < -0.39 is 17.6 Å². The molecule has 0 aliphatic carbocycles. The predicted molar refractivity (Wildman–Crippen MR) is 176 cm³/mol. The fraction of sp³-hybridized carbons (Fsp3) is 0.167. The quantitative estimate of drug-likeness (QED) is 0.163. The Morgan fingerprint density at radius 3 is 2.13 bits per heavy atom. The van der Waals surface area contributed by atoms with Gasteiger partial charge in [0.05, 0.1) is 19.4 Å². The van der Waals surface area contributed by atoms with Gasteiger partial charge in [0.25, 0.3) is 23.5 Å². The van der Waals surface area contributed by atoms with Crippen LogP contribution in [-0.2, 0) is 0 Å². The summed E-state index contributed by atoms with van der Waals surface area (Å²) in [6.07, 6.45) is 1.45. The van der Waals surface area contributed by atoms with Crippen LogP contribution in [0.15, 0.2) is 96.1 Å². The van der Waals surface area contributed by atoms with Crippen LogP contribution in [0.5, 0.6) is 11.5 Å². The zero-order chi connectivity index (χ0) is 33.3. The van der Waals surface area contributed by atoms with Crippen molar-refractivity contribution in [3.63, 3.8) is 0 Å². The number of rotatable bonds is 10. The molecule has 2 N–H and O–H groups in total. The van der Waals surface area contributed by atoms with Gasteiger partial charge in [0.15, 0.2) is 11.5 Å². The number of anilines is 2. The molecule has 1 aliphatic heterocycles. The number of hydrogen-bond acceptors (Lipinski definition) is 8. The van der Waals surface area contributed by atoms with Gasteiger partial charge in [-0.15, -0.1) is 0 Å². The maximum atomic E-state index is 13.4. The third-order valence-electron chi connectivity index (χ3n) is 7.34. The summed E-state index contributed by atoms with van der Waals surface area (Å²) >= 11 is 0. The van der Waals surface area contributed by atoms with E-state index in [1.165, 1.54) is 35.3 Å². The van der Waals surface area contributed by atoms with E-state index in [4.69, 9.17) is 14.7 Å². The van der Waals surface area contributed by atoms with Crippen LogP contribution in [0.1, 0.15) is 66.8 Å². The molecule has 0 radical (unpaired) electrons. The summed E-state index contributed by atoms with van der Waals surface area (Å²) in [5.74, 6) is -0.546. The lowest BCUT2D eigenvalue weighted by molar-refractivity contribution is 0.0751. The molecule has 0 saturated heterocycles. The average molecular weight is 630 g/mol. The van der Waals surface area contributed by atoms with Crippen LogP contribution in [0.2, 0.25) is 0 Å². The molecule has 5 rings (SSSR count). The lowest BCUT2D eigenvalue weighted by atomic mass is 10.0. The minimum atomic E-state index is -0.684. The van der Waals surface area contributed by atoms with Crippen LogP contribution in [-0.4, -0.2) is 54.5 Å². The number of amides is 3. The van der Waals surface area contributed by atoms with Gasteiger partial charge in [-0.25, -0.2) is 5.01 Å². The predicted octanol–water partition coefficient (Wildman–Crippen LogP) is 5.95. The Morgan fingerprint density at radius 2 is 1.47 bits per heavy atom. The van der Waals surface area contributed by atoms with Gasteiger partial charge in [0.1, 0.15) is 6.07 Å². The molecule has 1 heterocycles. The Labute approximate surface area is 271 Å². The molecule has 3 amide bonds. The van der Waals surface area contributed by atoms with E-state index in [2.05, 4.69) is 15.7 Å². The van der Waals surface area contributed by atoms with E-state index in [9.17, 15) is 19.2 Å². The highest BCUT2D eigenvalue weighted by molar-refractivity contribution is 6.09. The number of hydrazone groups is 1. The van der Waals surface area contributed by atoms with Crippen molar-refractivity contribution < 1.29 is 28.7 Å². The van der Waals surface area contributed by atoms with Crippen molar-refractivity contribution in [3.8, 4) is 17.6 Å². The van der Waals surface area contributed by atoms with Gasteiger partial charge in [-0.2, -0.15) is 10.4 Å². The average Bonchev–Trinajstić information content (AvgIpc) is 3.11. The number of carbonyl (C=O) groups is 4. The van der Waals surface area contributed by atoms with E-state index in [1.54, 1.807) is 55.6 Å². The maximum Gasteiger partial charge on any atom is 0.274 e. The number of nitriles is 1. The molecule has 1 aliphatic rings. The van der Waals surface area contributed by atoms with Gasteiger partial charge in [-0.1, -0.05) is 6.07 Å². The fourth-order valence-electron chi connectivity index (χ4n) is 4.94. The third kappa shape index (κ3) is 7.69. The first-order valence-electron chi connectivity index (χ1n) is 14.9. The van der Waals surface area contributed by atoms with Gasteiger partial charge < -0.3 is 20.1 Å². The molecule has 11 heteroatoms. The normalized spacial score (nSPS) is 12.3. The summed E-state index contributed by atoms with van der Waals surface area (Å²) in [5.41, 5.74) is 3.74. The number of methoxy groups -OCH3 is 1. The summed E-state index contributed by atoms with van der Waals surface area (Å²) in [5, 5.41) is 20.4. The monoisotopic (exact) mass is 629 g/mol. The summed E-state index contributed by atoms with van der Waals surface area (Å²) in [4.78, 5) is 50.5. The molecule has 0 fully saturated rings. The summed E-state index contributed by atoms with van der Waals surface area (Å²) < 4.78 is 11.1. The van der Waals surface area contributed by atoms with Crippen LogP contribution >= 0.6 is 0 Å². The first kappa shape index (κ1) is 32.1. The first-order valence-corrected chi connectivity index (χ1v) is 14.9. The Kier molecular flexibility index (Phi) is 10.0. The Morgan fingerprint density at radius 1 is 0.809 bits per heavy atom. The molecule has 47 heavy (non-hydrogen) atoms. The Hall–Kier alpha value is -6.28. The van der Waals surface area contributed by atoms with Gasteiger partial charge in [-0.3, -0.25) is 19.2 Å². The second-order valence-corrected chi connectivity index (χ2v) is 10.5.